The summed E-state index contributed by atoms with van der Waals surface area (Å²) < 4.78 is 106. The van der Waals surface area contributed by atoms with E-state index in [9.17, 15) is 45.0 Å². The molecule has 0 aliphatic carbocycles. The molecule has 1 atom stereocenters. The predicted molar refractivity (Wildman–Crippen MR) is 196 cm³/mol. The minimum atomic E-state index is -4.81. The van der Waals surface area contributed by atoms with Gasteiger partial charge in [0.25, 0.3) is 0 Å². The minimum absolute atomic E-state index is 0. The van der Waals surface area contributed by atoms with E-state index < -0.39 is 29.9 Å². The molecule has 0 fully saturated rings. The maximum Gasteiger partial charge on any atom is 2.00 e. The predicted octanol–water partition coefficient (Wildman–Crippen LogP) is 5.29. The number of alkyl halides is 6. The molecule has 0 saturated carbocycles. The molecule has 0 amide bonds. The van der Waals surface area contributed by atoms with Crippen LogP contribution in [-0.2, 0) is 5.60 Å². The van der Waals surface area contributed by atoms with Crippen LogP contribution in [0.4, 0.5) is 35.1 Å². The largest absolute Gasteiger partial charge is 2.00 e. The molecule has 4 aromatic rings. The van der Waals surface area contributed by atoms with Crippen molar-refractivity contribution in [2.24, 2.45) is 9.98 Å². The van der Waals surface area contributed by atoms with E-state index in [4.69, 9.17) is 0 Å². The van der Waals surface area contributed by atoms with Crippen LogP contribution in [0.1, 0.15) is 34.3 Å². The smallest absolute Gasteiger partial charge is 1.00 e. The number of nitrogens with one attached hydrogen (secondary N) is 2. The average molecular weight is 998 g/mol. The van der Waals surface area contributed by atoms with Crippen LogP contribution < -0.4 is 37.1 Å². The fourth-order valence-electron chi connectivity index (χ4n) is 4.87. The molecule has 3 N–H and O–H groups in total. The zero-order chi connectivity index (χ0) is 39.5. The summed E-state index contributed by atoms with van der Waals surface area (Å²) in [4.78, 5) is 20.4. The van der Waals surface area contributed by atoms with Gasteiger partial charge in [0.05, 0.1) is 8.95 Å². The molecule has 296 valence electrons. The van der Waals surface area contributed by atoms with E-state index in [1.54, 1.807) is 0 Å². The molecule has 2 heterocycles. The number of rotatable bonds is 7. The number of ketones is 1. The second kappa shape index (κ2) is 22.0. The molecule has 1 unspecified atom stereocenters. The van der Waals surface area contributed by atoms with Crippen LogP contribution in [0.25, 0.3) is 0 Å². The zero-order valence-corrected chi connectivity index (χ0v) is 34.9. The number of ether oxygens (including phenoxy) is 2. The number of hydrogen-bond acceptors (Lipinski definition) is 8. The van der Waals surface area contributed by atoms with Gasteiger partial charge in [-0.3, -0.25) is 14.8 Å². The van der Waals surface area contributed by atoms with Gasteiger partial charge in [-0.05, 0) is 98.3 Å². The second-order valence-electron chi connectivity index (χ2n) is 11.2. The van der Waals surface area contributed by atoms with E-state index in [1.807, 2.05) is 0 Å². The van der Waals surface area contributed by atoms with E-state index >= 15 is 0 Å². The van der Waals surface area contributed by atoms with Crippen molar-refractivity contribution in [3.8, 4) is 11.5 Å². The molecular formula is C36H29Br3F8MgN4O4. The quantitative estimate of drug-likeness (QED) is 0.101. The summed E-state index contributed by atoms with van der Waals surface area (Å²) in [6.45, 7) is 2.49. The number of nitrogens with zero attached hydrogens (tertiary/aromatic N) is 2. The van der Waals surface area contributed by atoms with Gasteiger partial charge in [0.1, 0.15) is 23.2 Å². The van der Waals surface area contributed by atoms with Crippen LogP contribution in [0.2, 0.25) is 0 Å². The van der Waals surface area contributed by atoms with Gasteiger partial charge in [0.15, 0.2) is 11.4 Å². The van der Waals surface area contributed by atoms with Gasteiger partial charge in [-0.25, -0.2) is 8.78 Å². The minimum Gasteiger partial charge on any atom is -1.00 e. The first-order valence-corrected chi connectivity index (χ1v) is 17.4. The number of hydrogen-bond donors (Lipinski definition) is 3. The molecule has 20 heteroatoms. The normalized spacial score (nSPS) is 14.7. The summed E-state index contributed by atoms with van der Waals surface area (Å²) in [5, 5.41) is 17.5. The van der Waals surface area contributed by atoms with Crippen molar-refractivity contribution in [2.45, 2.75) is 31.2 Å². The van der Waals surface area contributed by atoms with Gasteiger partial charge in [0, 0.05) is 37.5 Å². The molecule has 0 spiro atoms. The monoisotopic (exact) mass is 994 g/mol. The van der Waals surface area contributed by atoms with Gasteiger partial charge >= 0.3 is 35.8 Å². The number of amidine groups is 2. The Morgan fingerprint density at radius 1 is 0.714 bits per heavy atom. The van der Waals surface area contributed by atoms with E-state index in [-0.39, 0.29) is 77.7 Å². The molecule has 0 aromatic heterocycles. The second-order valence-corrected chi connectivity index (χ2v) is 12.9. The summed E-state index contributed by atoms with van der Waals surface area (Å²) in [5.41, 5.74) is -0.772. The third kappa shape index (κ3) is 14.6. The van der Waals surface area contributed by atoms with E-state index in [2.05, 4.69) is 68.0 Å². The molecular weight excluding hydrogens is 968 g/mol. The van der Waals surface area contributed by atoms with E-state index in [0.29, 0.717) is 36.6 Å². The van der Waals surface area contributed by atoms with Gasteiger partial charge in [-0.15, -0.1) is 38.5 Å². The summed E-state index contributed by atoms with van der Waals surface area (Å²) >= 11 is 6.14. The van der Waals surface area contributed by atoms with Crippen molar-refractivity contribution >= 4 is 72.4 Å². The van der Waals surface area contributed by atoms with Crippen molar-refractivity contribution in [1.29, 1.82) is 0 Å². The van der Waals surface area contributed by atoms with Crippen LogP contribution >= 0.6 is 31.9 Å². The molecule has 2 aliphatic heterocycles. The van der Waals surface area contributed by atoms with Crippen LogP contribution in [-0.4, -0.2) is 84.5 Å². The summed E-state index contributed by atoms with van der Waals surface area (Å²) in [7, 11) is 0. The van der Waals surface area contributed by atoms with Crippen molar-refractivity contribution in [2.75, 3.05) is 26.2 Å². The summed E-state index contributed by atoms with van der Waals surface area (Å²) in [5.74, 6) is -1.10. The van der Waals surface area contributed by atoms with Crippen molar-refractivity contribution in [3.05, 3.63) is 128 Å². The first-order chi connectivity index (χ1) is 25.5. The van der Waals surface area contributed by atoms with Gasteiger partial charge in [-0.2, -0.15) is 18.2 Å². The number of halogens is 11. The zero-order valence-electron chi connectivity index (χ0n) is 28.8. The topological polar surface area (TPSA) is 105 Å². The molecule has 56 heavy (non-hydrogen) atoms. The third-order valence-electron chi connectivity index (χ3n) is 7.30. The number of carbonyl (C=O) groups excluding carboxylic acids is 1. The fraction of sp³-hybridized carbons (Fsp3) is 0.250. The molecule has 0 saturated heterocycles. The van der Waals surface area contributed by atoms with Crippen molar-refractivity contribution in [1.82, 2.24) is 10.6 Å². The van der Waals surface area contributed by atoms with Gasteiger partial charge in [-0.1, -0.05) is 18.2 Å². The van der Waals surface area contributed by atoms with Crippen molar-refractivity contribution < 1.29 is 71.5 Å². The van der Waals surface area contributed by atoms with Crippen molar-refractivity contribution in [3.63, 3.8) is 0 Å². The Hall–Kier alpha value is -3.30. The fourth-order valence-corrected chi connectivity index (χ4v) is 5.62. The van der Waals surface area contributed by atoms with Crippen LogP contribution in [0, 0.1) is 17.7 Å². The van der Waals surface area contributed by atoms with Crippen LogP contribution in [0.5, 0.6) is 11.5 Å². The first-order valence-electron chi connectivity index (χ1n) is 15.8. The number of benzene rings is 4. The Bertz CT molecular complexity index is 1960. The third-order valence-corrected chi connectivity index (χ3v) is 8.51. The van der Waals surface area contributed by atoms with Gasteiger partial charge in [0.2, 0.25) is 5.78 Å². The maximum atomic E-state index is 13.6. The summed E-state index contributed by atoms with van der Waals surface area (Å²) in [6.07, 6.45) is -7.70. The Kier molecular flexibility index (Phi) is 19.2. The number of Topliss-reactive ketones (excluding diaryl/α,β-unsaturated/α-hetero) is 1. The standard InChI is InChI=1S/C18H15BrF4N2O2.C11H10BrFN2O.C7H4F3O.BrH.Mg/c19-14-10-12(4-7-15(14)20)17(26,16-24-8-1-9-25-16)11-2-5-13(6-3-11)27-18(21,22)23;12-8-6-7(2-3-9(8)13)10(16)11-14-4-1-5-15-11;8-7(9,10)11-6-4-2-1-3-5-6;;/h2-7,10,26H,1,8-9H2,(H,24,25);2-3,6H,1,4-5H2,(H,14,15);2-5H;1H;/q;;-1;;+2/p-1. The van der Waals surface area contributed by atoms with E-state index in [1.165, 1.54) is 72.8 Å². The Morgan fingerprint density at radius 2 is 1.21 bits per heavy atom. The number of carbonyl (C=O) groups is 1. The number of aliphatic hydroxyl groups is 1. The summed E-state index contributed by atoms with van der Waals surface area (Å²) in [6, 6.07) is 20.7. The van der Waals surface area contributed by atoms with E-state index in [0.717, 1.165) is 31.5 Å². The van der Waals surface area contributed by atoms with Crippen LogP contribution in [0.15, 0.2) is 104 Å². The molecule has 0 bridgehead atoms. The Labute approximate surface area is 359 Å². The maximum absolute atomic E-state index is 13.6. The molecule has 4 aromatic carbocycles. The molecule has 0 radical (unpaired) electrons. The van der Waals surface area contributed by atoms with Crippen LogP contribution in [0.3, 0.4) is 0 Å². The average Bonchev–Trinajstić information content (AvgIpc) is 3.14. The molecule has 6 rings (SSSR count). The first kappa shape index (κ1) is 48.8. The SMILES string of the molecule is FC(F)(F)Oc1cc[c-]cc1.O=C(C1=NCCCN1)c1ccc(F)c(Br)c1.OC(C1=NCCCN1)(c1ccc(OC(F)(F)F)cc1)c1ccc(F)c(Br)c1.[Br-].[Mg+2]. The molecule has 8 nitrogen and oxygen atoms in total. The Balaban J connectivity index is 0.000000317. The molecule has 2 aliphatic rings. The Morgan fingerprint density at radius 3 is 1.70 bits per heavy atom. The van der Waals surface area contributed by atoms with Gasteiger partial charge < -0.3 is 42.2 Å². The number of aliphatic imine (C=N–C) groups is 2.